The highest BCUT2D eigenvalue weighted by molar-refractivity contribution is 5.53. The Morgan fingerprint density at radius 3 is 3.24 bits per heavy atom. The molecule has 0 saturated carbocycles. The van der Waals surface area contributed by atoms with Crippen LogP contribution in [0, 0.1) is 0 Å². The van der Waals surface area contributed by atoms with Gasteiger partial charge in [-0.15, -0.1) is 10.2 Å². The molecule has 0 aromatic carbocycles. The van der Waals surface area contributed by atoms with E-state index in [1.807, 2.05) is 22.7 Å². The van der Waals surface area contributed by atoms with Gasteiger partial charge in [0.15, 0.2) is 5.75 Å². The molecule has 0 radical (unpaired) electrons. The molecule has 0 amide bonds. The number of nitrogens with zero attached hydrogens (tertiary/aromatic N) is 3. The lowest BCUT2D eigenvalue weighted by molar-refractivity contribution is 0.416. The molecule has 1 aliphatic heterocycles. The monoisotopic (exact) mass is 232 g/mol. The third kappa shape index (κ3) is 1.86. The average molecular weight is 232 g/mol. The summed E-state index contributed by atoms with van der Waals surface area (Å²) in [5.41, 5.74) is 0.794. The fraction of sp³-hybridized carbons (Fsp3) is 0.500. The molecule has 3 heterocycles. The van der Waals surface area contributed by atoms with E-state index in [1.54, 1.807) is 7.11 Å². The van der Waals surface area contributed by atoms with Crippen molar-refractivity contribution in [1.29, 1.82) is 0 Å². The summed E-state index contributed by atoms with van der Waals surface area (Å²) in [6.07, 6.45) is 5.39. The van der Waals surface area contributed by atoms with Crippen molar-refractivity contribution in [2.75, 3.05) is 13.7 Å². The van der Waals surface area contributed by atoms with Gasteiger partial charge in [-0.2, -0.15) is 0 Å². The number of pyridine rings is 1. The second-order valence-corrected chi connectivity index (χ2v) is 4.38. The molecule has 5 heteroatoms. The van der Waals surface area contributed by atoms with Crippen LogP contribution in [0.2, 0.25) is 0 Å². The Hall–Kier alpha value is -1.62. The third-order valence-electron chi connectivity index (χ3n) is 3.28. The Kier molecular flexibility index (Phi) is 2.68. The second kappa shape index (κ2) is 4.33. The van der Waals surface area contributed by atoms with Crippen molar-refractivity contribution in [3.05, 3.63) is 24.2 Å². The first kappa shape index (κ1) is 10.5. The van der Waals surface area contributed by atoms with E-state index in [4.69, 9.17) is 4.74 Å². The van der Waals surface area contributed by atoms with Gasteiger partial charge in [0.25, 0.3) is 0 Å². The Morgan fingerprint density at radius 1 is 1.53 bits per heavy atom. The topological polar surface area (TPSA) is 51.5 Å². The van der Waals surface area contributed by atoms with E-state index in [2.05, 4.69) is 15.5 Å². The molecule has 17 heavy (non-hydrogen) atoms. The fourth-order valence-electron chi connectivity index (χ4n) is 2.39. The molecule has 1 N–H and O–H groups in total. The van der Waals surface area contributed by atoms with Gasteiger partial charge in [0, 0.05) is 18.7 Å². The van der Waals surface area contributed by atoms with Gasteiger partial charge >= 0.3 is 0 Å². The van der Waals surface area contributed by atoms with E-state index < -0.39 is 0 Å². The van der Waals surface area contributed by atoms with Crippen molar-refractivity contribution in [3.8, 4) is 5.75 Å². The highest BCUT2D eigenvalue weighted by Gasteiger charge is 2.18. The van der Waals surface area contributed by atoms with Crippen LogP contribution in [0.15, 0.2) is 18.3 Å². The summed E-state index contributed by atoms with van der Waals surface area (Å²) < 4.78 is 7.28. The third-order valence-corrected chi connectivity index (χ3v) is 3.28. The van der Waals surface area contributed by atoms with Gasteiger partial charge in [0.05, 0.1) is 7.11 Å². The molecule has 3 rings (SSSR count). The smallest absolute Gasteiger partial charge is 0.203 e. The van der Waals surface area contributed by atoms with Crippen LogP contribution < -0.4 is 10.1 Å². The predicted octanol–water partition coefficient (Wildman–Crippen LogP) is 1.03. The fourth-order valence-corrected chi connectivity index (χ4v) is 2.39. The number of hydrogen-bond acceptors (Lipinski definition) is 4. The van der Waals surface area contributed by atoms with Crippen LogP contribution in [0.5, 0.6) is 5.75 Å². The molecule has 0 spiro atoms. The standard InChI is InChI=1S/C12H16N4O/c1-17-10-5-3-7-16-11(14-15-12(10)16)8-9-4-2-6-13-9/h3,5,7,9,13H,2,4,6,8H2,1H3. The summed E-state index contributed by atoms with van der Waals surface area (Å²) in [6, 6.07) is 4.40. The lowest BCUT2D eigenvalue weighted by atomic mass is 10.1. The molecule has 90 valence electrons. The molecule has 1 fully saturated rings. The Labute approximate surface area is 99.8 Å². The molecule has 2 aromatic rings. The molecular weight excluding hydrogens is 216 g/mol. The van der Waals surface area contributed by atoms with E-state index in [0.29, 0.717) is 6.04 Å². The molecular formula is C12H16N4O. The zero-order chi connectivity index (χ0) is 11.7. The van der Waals surface area contributed by atoms with Crippen molar-refractivity contribution in [1.82, 2.24) is 19.9 Å². The lowest BCUT2D eigenvalue weighted by Gasteiger charge is -2.08. The zero-order valence-corrected chi connectivity index (χ0v) is 9.89. The van der Waals surface area contributed by atoms with Crippen molar-refractivity contribution in [2.24, 2.45) is 0 Å². The molecule has 5 nitrogen and oxygen atoms in total. The molecule has 1 aliphatic rings. The zero-order valence-electron chi connectivity index (χ0n) is 9.89. The van der Waals surface area contributed by atoms with Crippen LogP contribution in [0.1, 0.15) is 18.7 Å². The number of hydrogen-bond donors (Lipinski definition) is 1. The molecule has 1 atom stereocenters. The van der Waals surface area contributed by atoms with Crippen molar-refractivity contribution >= 4 is 5.65 Å². The van der Waals surface area contributed by atoms with E-state index in [0.717, 1.165) is 30.2 Å². The second-order valence-electron chi connectivity index (χ2n) is 4.38. The summed E-state index contributed by atoms with van der Waals surface area (Å²) >= 11 is 0. The largest absolute Gasteiger partial charge is 0.493 e. The maximum atomic E-state index is 5.27. The lowest BCUT2D eigenvalue weighted by Crippen LogP contribution is -2.24. The normalized spacial score (nSPS) is 19.9. The molecule has 0 bridgehead atoms. The van der Waals surface area contributed by atoms with Crippen LogP contribution in [0.4, 0.5) is 0 Å². The highest BCUT2D eigenvalue weighted by atomic mass is 16.5. The summed E-state index contributed by atoms with van der Waals surface area (Å²) in [5, 5.41) is 11.9. The maximum absolute atomic E-state index is 5.27. The van der Waals surface area contributed by atoms with Gasteiger partial charge in [-0.25, -0.2) is 0 Å². The molecule has 0 aliphatic carbocycles. The van der Waals surface area contributed by atoms with Gasteiger partial charge < -0.3 is 10.1 Å². The van der Waals surface area contributed by atoms with Gasteiger partial charge in [0.1, 0.15) is 5.82 Å². The number of nitrogens with one attached hydrogen (secondary N) is 1. The maximum Gasteiger partial charge on any atom is 0.203 e. The summed E-state index contributed by atoms with van der Waals surface area (Å²) in [7, 11) is 1.65. The van der Waals surface area contributed by atoms with Gasteiger partial charge in [-0.05, 0) is 31.5 Å². The van der Waals surface area contributed by atoms with Crippen molar-refractivity contribution in [3.63, 3.8) is 0 Å². The van der Waals surface area contributed by atoms with Crippen molar-refractivity contribution < 1.29 is 4.74 Å². The van der Waals surface area contributed by atoms with E-state index in [-0.39, 0.29) is 0 Å². The minimum absolute atomic E-state index is 0.536. The van der Waals surface area contributed by atoms with Gasteiger partial charge in [0.2, 0.25) is 5.65 Å². The van der Waals surface area contributed by atoms with Gasteiger partial charge in [-0.1, -0.05) is 0 Å². The Balaban J connectivity index is 1.94. The number of rotatable bonds is 3. The summed E-state index contributed by atoms with van der Waals surface area (Å²) in [6.45, 7) is 1.12. The van der Waals surface area contributed by atoms with Crippen LogP contribution in [-0.4, -0.2) is 34.3 Å². The number of aromatic nitrogens is 3. The molecule has 2 aromatic heterocycles. The Bertz CT molecular complexity index is 516. The molecule has 1 saturated heterocycles. The van der Waals surface area contributed by atoms with E-state index in [1.165, 1.54) is 12.8 Å². The summed E-state index contributed by atoms with van der Waals surface area (Å²) in [4.78, 5) is 0. The van der Waals surface area contributed by atoms with Crippen LogP contribution in [0.3, 0.4) is 0 Å². The van der Waals surface area contributed by atoms with Gasteiger partial charge in [-0.3, -0.25) is 4.40 Å². The number of fused-ring (bicyclic) bond motifs is 1. The quantitative estimate of drug-likeness (QED) is 0.859. The van der Waals surface area contributed by atoms with Crippen LogP contribution in [0.25, 0.3) is 5.65 Å². The van der Waals surface area contributed by atoms with Crippen molar-refractivity contribution in [2.45, 2.75) is 25.3 Å². The van der Waals surface area contributed by atoms with Crippen LogP contribution >= 0.6 is 0 Å². The minimum atomic E-state index is 0.536. The van der Waals surface area contributed by atoms with E-state index >= 15 is 0 Å². The predicted molar refractivity (Wildman–Crippen MR) is 64.3 cm³/mol. The first-order chi connectivity index (χ1) is 8.38. The minimum Gasteiger partial charge on any atom is -0.493 e. The molecule has 1 unspecified atom stereocenters. The first-order valence-electron chi connectivity index (χ1n) is 5.98. The first-order valence-corrected chi connectivity index (χ1v) is 5.98. The summed E-state index contributed by atoms with van der Waals surface area (Å²) in [5.74, 6) is 1.77. The highest BCUT2D eigenvalue weighted by Crippen LogP contribution is 2.19. The SMILES string of the molecule is COc1cccn2c(CC3CCCN3)nnc12. The Morgan fingerprint density at radius 2 is 2.47 bits per heavy atom. The number of ether oxygens (including phenoxy) is 1. The van der Waals surface area contributed by atoms with E-state index in [9.17, 15) is 0 Å². The number of methoxy groups -OCH3 is 1. The average Bonchev–Trinajstić information content (AvgIpc) is 2.99. The van der Waals surface area contributed by atoms with Crippen LogP contribution in [-0.2, 0) is 6.42 Å².